The van der Waals surface area contributed by atoms with Gasteiger partial charge in [0.05, 0.1) is 24.8 Å². The molecule has 220 valence electrons. The normalized spacial score (nSPS) is 21.2. The summed E-state index contributed by atoms with van der Waals surface area (Å²) in [5.74, 6) is 0.768. The molecule has 2 bridgehead atoms. The van der Waals surface area contributed by atoms with Crippen molar-refractivity contribution in [2.45, 2.75) is 25.3 Å². The number of halogens is 2. The number of hydrogen-bond donors (Lipinski definition) is 2. The summed E-state index contributed by atoms with van der Waals surface area (Å²) >= 11 is 6.87. The molecule has 10 heteroatoms. The molecule has 2 unspecified atom stereocenters. The van der Waals surface area contributed by atoms with Crippen molar-refractivity contribution >= 4 is 39.1 Å². The van der Waals surface area contributed by atoms with E-state index in [1.165, 1.54) is 0 Å². The fraction of sp³-hybridized carbons (Fsp3) is 0.438. The third-order valence-corrected chi connectivity index (χ3v) is 9.07. The van der Waals surface area contributed by atoms with Crippen molar-refractivity contribution in [2.75, 3.05) is 64.0 Å². The molecule has 3 fully saturated rings. The first-order chi connectivity index (χ1) is 20.5. The predicted octanol–water partition coefficient (Wildman–Crippen LogP) is 5.24. The SMILES string of the molecule is Oc1cc(-c2c(Cl)cc3c(N4CCC5CNC(C5)C4)nc(OCCCN4CCOCC4)nc3c2F)c2ccccc2c1. The van der Waals surface area contributed by atoms with E-state index in [2.05, 4.69) is 20.1 Å². The maximum Gasteiger partial charge on any atom is 0.319 e. The Morgan fingerprint density at radius 3 is 2.83 bits per heavy atom. The molecule has 2 N–H and O–H groups in total. The van der Waals surface area contributed by atoms with Crippen LogP contribution in [0.15, 0.2) is 42.5 Å². The van der Waals surface area contributed by atoms with E-state index in [1.807, 2.05) is 24.3 Å². The van der Waals surface area contributed by atoms with Crippen molar-refractivity contribution in [3.05, 3.63) is 53.3 Å². The van der Waals surface area contributed by atoms with Crippen LogP contribution >= 0.6 is 11.6 Å². The molecule has 0 spiro atoms. The average Bonchev–Trinajstić information content (AvgIpc) is 3.34. The highest BCUT2D eigenvalue weighted by Gasteiger charge is 2.32. The number of rotatable bonds is 7. The number of morpholine rings is 1. The first kappa shape index (κ1) is 27.6. The number of nitrogens with one attached hydrogen (secondary N) is 1. The summed E-state index contributed by atoms with van der Waals surface area (Å²) < 4.78 is 28.2. The summed E-state index contributed by atoms with van der Waals surface area (Å²) in [5, 5.41) is 16.5. The second-order valence-corrected chi connectivity index (χ2v) is 12.0. The smallest absolute Gasteiger partial charge is 0.319 e. The van der Waals surface area contributed by atoms with Crippen molar-refractivity contribution in [1.82, 2.24) is 20.2 Å². The minimum atomic E-state index is -0.551. The van der Waals surface area contributed by atoms with Crippen molar-refractivity contribution in [3.8, 4) is 22.9 Å². The highest BCUT2D eigenvalue weighted by molar-refractivity contribution is 6.35. The molecule has 8 nitrogen and oxygen atoms in total. The van der Waals surface area contributed by atoms with Crippen molar-refractivity contribution in [2.24, 2.45) is 5.92 Å². The molecule has 0 amide bonds. The standard InChI is InChI=1S/C32H35ClFN5O3/c33-27-17-26-30(29(34)28(27)25-16-23(40)15-21-4-1-2-5-24(21)25)36-32(42-11-3-7-38-9-12-41-13-10-38)37-31(26)39-8-6-20-14-22(19-39)35-18-20/h1-2,4-5,15-17,20,22,35,40H,3,6-14,18-19H2. The molecule has 7 rings (SSSR count). The van der Waals surface area contributed by atoms with Gasteiger partial charge in [0.15, 0.2) is 5.82 Å². The maximum absolute atomic E-state index is 16.7. The molecule has 3 aliphatic rings. The van der Waals surface area contributed by atoms with Gasteiger partial charge in [0, 0.05) is 49.7 Å². The fourth-order valence-corrected chi connectivity index (χ4v) is 6.93. The maximum atomic E-state index is 16.7. The lowest BCUT2D eigenvalue weighted by atomic mass is 9.96. The molecule has 42 heavy (non-hydrogen) atoms. The van der Waals surface area contributed by atoms with Crippen molar-refractivity contribution in [3.63, 3.8) is 0 Å². The Morgan fingerprint density at radius 1 is 1.10 bits per heavy atom. The Bertz CT molecular complexity index is 1610. The summed E-state index contributed by atoms with van der Waals surface area (Å²) in [5.41, 5.74) is 0.882. The molecule has 4 aromatic rings. The summed E-state index contributed by atoms with van der Waals surface area (Å²) in [6.07, 6.45) is 2.97. The van der Waals surface area contributed by atoms with Crippen LogP contribution in [0.2, 0.25) is 5.02 Å². The average molecular weight is 592 g/mol. The largest absolute Gasteiger partial charge is 0.508 e. The van der Waals surface area contributed by atoms with E-state index in [-0.39, 0.29) is 27.9 Å². The van der Waals surface area contributed by atoms with Gasteiger partial charge in [-0.1, -0.05) is 35.9 Å². The van der Waals surface area contributed by atoms with Crippen LogP contribution in [0.25, 0.3) is 32.8 Å². The van der Waals surface area contributed by atoms with Gasteiger partial charge in [0.2, 0.25) is 0 Å². The zero-order valence-electron chi connectivity index (χ0n) is 23.5. The highest BCUT2D eigenvalue weighted by atomic mass is 35.5. The van der Waals surface area contributed by atoms with Crippen molar-refractivity contribution < 1.29 is 19.0 Å². The third-order valence-electron chi connectivity index (χ3n) is 8.77. The second kappa shape index (κ2) is 11.8. The molecule has 0 radical (unpaired) electrons. The van der Waals surface area contributed by atoms with Gasteiger partial charge in [0.25, 0.3) is 0 Å². The van der Waals surface area contributed by atoms with E-state index in [0.717, 1.165) is 82.5 Å². The number of phenolic OH excluding ortho intramolecular Hbond substituents is 1. The van der Waals surface area contributed by atoms with Gasteiger partial charge in [-0.05, 0) is 66.3 Å². The molecule has 4 heterocycles. The van der Waals surface area contributed by atoms with Gasteiger partial charge < -0.3 is 24.8 Å². The van der Waals surface area contributed by atoms with Gasteiger partial charge >= 0.3 is 6.01 Å². The van der Waals surface area contributed by atoms with Crippen LogP contribution in [0.1, 0.15) is 19.3 Å². The topological polar surface area (TPSA) is 83.0 Å². The Labute approximate surface area is 249 Å². The van der Waals surface area contributed by atoms with E-state index >= 15 is 4.39 Å². The first-order valence-corrected chi connectivity index (χ1v) is 15.2. The van der Waals surface area contributed by atoms with Gasteiger partial charge in [-0.3, -0.25) is 4.90 Å². The van der Waals surface area contributed by atoms with Crippen LogP contribution in [0.4, 0.5) is 10.2 Å². The minimum absolute atomic E-state index is 0.0408. The number of aromatic nitrogens is 2. The number of ether oxygens (including phenoxy) is 2. The predicted molar refractivity (Wildman–Crippen MR) is 163 cm³/mol. The number of hydrogen-bond acceptors (Lipinski definition) is 8. The van der Waals surface area contributed by atoms with Gasteiger partial charge in [-0.25, -0.2) is 4.39 Å². The summed E-state index contributed by atoms with van der Waals surface area (Å²) in [4.78, 5) is 14.0. The summed E-state index contributed by atoms with van der Waals surface area (Å²) in [6, 6.07) is 13.1. The molecular formula is C32H35ClFN5O3. The lowest BCUT2D eigenvalue weighted by molar-refractivity contribution is 0.0356. The second-order valence-electron chi connectivity index (χ2n) is 11.6. The summed E-state index contributed by atoms with van der Waals surface area (Å²) in [7, 11) is 0. The van der Waals surface area contributed by atoms with Crippen LogP contribution in [-0.4, -0.2) is 85.1 Å². The zero-order chi connectivity index (χ0) is 28.6. The van der Waals surface area contributed by atoms with E-state index in [9.17, 15) is 5.11 Å². The monoisotopic (exact) mass is 591 g/mol. The van der Waals surface area contributed by atoms with Crippen molar-refractivity contribution in [1.29, 1.82) is 0 Å². The number of fused-ring (bicyclic) bond motifs is 4. The molecule has 3 saturated heterocycles. The minimum Gasteiger partial charge on any atom is -0.508 e. The van der Waals surface area contributed by atoms with Gasteiger partial charge in [-0.2, -0.15) is 9.97 Å². The van der Waals surface area contributed by atoms with Gasteiger partial charge in [0.1, 0.15) is 17.1 Å². The third kappa shape index (κ3) is 5.46. The molecule has 2 atom stereocenters. The van der Waals surface area contributed by atoms with E-state index in [4.69, 9.17) is 26.1 Å². The Hall–Kier alpha value is -3.24. The number of anilines is 1. The van der Waals surface area contributed by atoms with Crippen LogP contribution in [0.5, 0.6) is 11.8 Å². The number of phenols is 1. The van der Waals surface area contributed by atoms with Crippen LogP contribution in [0.3, 0.4) is 0 Å². The Kier molecular flexibility index (Phi) is 7.75. The van der Waals surface area contributed by atoms with Gasteiger partial charge in [-0.15, -0.1) is 0 Å². The molecule has 1 aromatic heterocycles. The van der Waals surface area contributed by atoms with Crippen LogP contribution < -0.4 is 15.0 Å². The number of nitrogens with zero attached hydrogens (tertiary/aromatic N) is 4. The van der Waals surface area contributed by atoms with E-state index < -0.39 is 5.82 Å². The molecule has 0 saturated carbocycles. The lowest BCUT2D eigenvalue weighted by Gasteiger charge is -2.28. The Morgan fingerprint density at radius 2 is 1.95 bits per heavy atom. The quantitative estimate of drug-likeness (QED) is 0.283. The molecule has 3 aliphatic heterocycles. The summed E-state index contributed by atoms with van der Waals surface area (Å²) in [6.45, 7) is 7.30. The first-order valence-electron chi connectivity index (χ1n) is 14.9. The number of benzene rings is 3. The molecular weight excluding hydrogens is 557 g/mol. The fourth-order valence-electron chi connectivity index (χ4n) is 6.64. The zero-order valence-corrected chi connectivity index (χ0v) is 24.2. The van der Waals surface area contributed by atoms with E-state index in [1.54, 1.807) is 18.2 Å². The van der Waals surface area contributed by atoms with Crippen LogP contribution in [0, 0.1) is 11.7 Å². The highest BCUT2D eigenvalue weighted by Crippen LogP contribution is 2.42. The Balaban J connectivity index is 1.29. The van der Waals surface area contributed by atoms with Crippen LogP contribution in [-0.2, 0) is 4.74 Å². The lowest BCUT2D eigenvalue weighted by Crippen LogP contribution is -2.39. The molecule has 3 aromatic carbocycles. The van der Waals surface area contributed by atoms with E-state index in [0.29, 0.717) is 35.3 Å². The number of aromatic hydroxyl groups is 1. The molecule has 0 aliphatic carbocycles.